The zero-order valence-electron chi connectivity index (χ0n) is 10.5. The second-order valence-electron chi connectivity index (χ2n) is 3.96. The lowest BCUT2D eigenvalue weighted by molar-refractivity contribution is 0.235. The molecular weight excluding hydrogens is 282 g/mol. The average molecular weight is 300 g/mol. The Hall–Kier alpha value is -1.03. The van der Waals surface area contributed by atoms with Crippen LogP contribution >= 0.6 is 15.9 Å². The van der Waals surface area contributed by atoms with Crippen LogP contribution < -0.4 is 4.74 Å². The first-order chi connectivity index (χ1) is 8.04. The third kappa shape index (κ3) is 4.38. The van der Waals surface area contributed by atoms with Gasteiger partial charge in [0, 0.05) is 29.5 Å². The summed E-state index contributed by atoms with van der Waals surface area (Å²) in [6.07, 6.45) is 0.848. The number of carbonyl (C=O) groups is 1. The summed E-state index contributed by atoms with van der Waals surface area (Å²) in [4.78, 5) is 12.6. The molecule has 0 saturated carbocycles. The summed E-state index contributed by atoms with van der Waals surface area (Å²) in [6, 6.07) is 6.15. The molecule has 0 saturated heterocycles. The topological polar surface area (TPSA) is 29.5 Å². The van der Waals surface area contributed by atoms with E-state index in [9.17, 15) is 4.79 Å². The molecule has 0 unspecified atom stereocenters. The van der Waals surface area contributed by atoms with Crippen molar-refractivity contribution in [3.8, 4) is 5.75 Å². The number of hydrogen-bond acceptors (Lipinski definition) is 2. The molecule has 1 aromatic carbocycles. The minimum Gasteiger partial charge on any atom is -0.494 e. The summed E-state index contributed by atoms with van der Waals surface area (Å²) >= 11 is 2.93. The molecule has 17 heavy (non-hydrogen) atoms. The van der Waals surface area contributed by atoms with Crippen LogP contribution in [0.3, 0.4) is 0 Å². The zero-order chi connectivity index (χ0) is 12.8. The molecule has 0 aromatic heterocycles. The first-order valence-electron chi connectivity index (χ1n) is 5.67. The van der Waals surface area contributed by atoms with Gasteiger partial charge >= 0.3 is 0 Å². The molecule has 94 valence electrons. The average Bonchev–Trinajstić information content (AvgIpc) is 2.29. The molecular formula is C13H18BrNO2. The minimum atomic E-state index is -0.0832. The van der Waals surface area contributed by atoms with Crippen LogP contribution in [0.1, 0.15) is 18.1 Å². The number of nitrogens with zero attached hydrogens (tertiary/aromatic N) is 1. The highest BCUT2D eigenvalue weighted by Gasteiger charge is 2.05. The monoisotopic (exact) mass is 299 g/mol. The minimum absolute atomic E-state index is 0.0832. The van der Waals surface area contributed by atoms with Crippen molar-refractivity contribution in [2.75, 3.05) is 20.2 Å². The molecule has 0 spiro atoms. The lowest BCUT2D eigenvalue weighted by Gasteiger charge is -2.14. The highest BCUT2D eigenvalue weighted by Crippen LogP contribution is 2.19. The van der Waals surface area contributed by atoms with Gasteiger partial charge in [0.15, 0.2) is 0 Å². The van der Waals surface area contributed by atoms with E-state index >= 15 is 0 Å². The molecule has 0 aliphatic heterocycles. The smallest absolute Gasteiger partial charge is 0.289 e. The molecule has 1 aromatic rings. The van der Waals surface area contributed by atoms with Crippen molar-refractivity contribution >= 4 is 20.7 Å². The summed E-state index contributed by atoms with van der Waals surface area (Å²) in [5.41, 5.74) is 2.35. The molecule has 0 bridgehead atoms. The molecule has 1 amide bonds. The van der Waals surface area contributed by atoms with E-state index < -0.39 is 0 Å². The summed E-state index contributed by atoms with van der Waals surface area (Å²) in [7, 11) is 1.78. The van der Waals surface area contributed by atoms with Gasteiger partial charge in [0.2, 0.25) is 0 Å². The van der Waals surface area contributed by atoms with Crippen molar-refractivity contribution in [2.45, 2.75) is 20.3 Å². The molecule has 0 N–H and O–H groups in total. The van der Waals surface area contributed by atoms with Crippen LogP contribution in [-0.4, -0.2) is 29.9 Å². The van der Waals surface area contributed by atoms with Crippen molar-refractivity contribution in [3.63, 3.8) is 0 Å². The predicted octanol–water partition coefficient (Wildman–Crippen LogP) is 3.38. The van der Waals surface area contributed by atoms with Gasteiger partial charge in [0.1, 0.15) is 5.75 Å². The number of aryl methyl sites for hydroxylation is 1. The van der Waals surface area contributed by atoms with E-state index in [4.69, 9.17) is 4.74 Å². The van der Waals surface area contributed by atoms with Crippen LogP contribution in [0.4, 0.5) is 4.79 Å². The first-order valence-corrected chi connectivity index (χ1v) is 6.46. The summed E-state index contributed by atoms with van der Waals surface area (Å²) < 4.78 is 5.48. The van der Waals surface area contributed by atoms with Crippen LogP contribution in [0.5, 0.6) is 5.75 Å². The van der Waals surface area contributed by atoms with Crippen molar-refractivity contribution in [1.82, 2.24) is 4.90 Å². The fourth-order valence-electron chi connectivity index (χ4n) is 1.57. The SMILES string of the molecule is CCOc1ccc(CCN(C)C(=O)Br)cc1C. The third-order valence-electron chi connectivity index (χ3n) is 2.58. The van der Waals surface area contributed by atoms with Crippen molar-refractivity contribution in [3.05, 3.63) is 29.3 Å². The van der Waals surface area contributed by atoms with Gasteiger partial charge in [-0.2, -0.15) is 0 Å². The highest BCUT2D eigenvalue weighted by atomic mass is 79.9. The van der Waals surface area contributed by atoms with Gasteiger partial charge in [0.05, 0.1) is 6.61 Å². The van der Waals surface area contributed by atoms with E-state index in [1.807, 2.05) is 26.0 Å². The van der Waals surface area contributed by atoms with Gasteiger partial charge < -0.3 is 9.64 Å². The van der Waals surface area contributed by atoms with Crippen LogP contribution in [-0.2, 0) is 6.42 Å². The number of amides is 1. The highest BCUT2D eigenvalue weighted by molar-refractivity contribution is 9.18. The Labute approximate surface area is 111 Å². The van der Waals surface area contributed by atoms with E-state index in [1.54, 1.807) is 11.9 Å². The van der Waals surface area contributed by atoms with Gasteiger partial charge in [-0.25, -0.2) is 0 Å². The van der Waals surface area contributed by atoms with Gasteiger partial charge in [0.25, 0.3) is 4.82 Å². The zero-order valence-corrected chi connectivity index (χ0v) is 12.1. The van der Waals surface area contributed by atoms with Crippen LogP contribution in [0.2, 0.25) is 0 Å². The number of rotatable bonds is 5. The quantitative estimate of drug-likeness (QED) is 0.616. The normalized spacial score (nSPS) is 10.1. The maximum Gasteiger partial charge on any atom is 0.289 e. The molecule has 0 aliphatic rings. The van der Waals surface area contributed by atoms with E-state index in [0.29, 0.717) is 13.2 Å². The molecule has 0 atom stereocenters. The Morgan fingerprint density at radius 1 is 1.47 bits per heavy atom. The van der Waals surface area contributed by atoms with Gasteiger partial charge in [-0.05, 0) is 37.5 Å². The summed E-state index contributed by atoms with van der Waals surface area (Å²) in [6.45, 7) is 5.40. The van der Waals surface area contributed by atoms with E-state index in [2.05, 4.69) is 22.0 Å². The standard InChI is InChI=1S/C13H18BrNO2/c1-4-17-12-6-5-11(9-10(12)2)7-8-15(3)13(14)16/h5-6,9H,4,7-8H2,1-3H3. The number of benzene rings is 1. The van der Waals surface area contributed by atoms with Crippen LogP contribution in [0.25, 0.3) is 0 Å². The van der Waals surface area contributed by atoms with Crippen molar-refractivity contribution < 1.29 is 9.53 Å². The van der Waals surface area contributed by atoms with E-state index in [-0.39, 0.29) is 4.82 Å². The number of likely N-dealkylation sites (N-methyl/N-ethyl adjacent to an activating group) is 1. The Balaban J connectivity index is 2.61. The molecule has 0 radical (unpaired) electrons. The Morgan fingerprint density at radius 3 is 2.71 bits per heavy atom. The summed E-state index contributed by atoms with van der Waals surface area (Å²) in [5, 5.41) is 0. The van der Waals surface area contributed by atoms with Gasteiger partial charge in [-0.3, -0.25) is 4.79 Å². The Morgan fingerprint density at radius 2 is 2.18 bits per heavy atom. The molecule has 4 heteroatoms. The number of halogens is 1. The summed E-state index contributed by atoms with van der Waals surface area (Å²) in [5.74, 6) is 0.932. The number of carbonyl (C=O) groups excluding carboxylic acids is 1. The fraction of sp³-hybridized carbons (Fsp3) is 0.462. The van der Waals surface area contributed by atoms with Gasteiger partial charge in [-0.15, -0.1) is 0 Å². The molecule has 3 nitrogen and oxygen atoms in total. The first kappa shape index (κ1) is 14.0. The Kier molecular flexibility index (Phi) is 5.48. The largest absolute Gasteiger partial charge is 0.494 e. The fourth-order valence-corrected chi connectivity index (χ4v) is 1.75. The Bertz CT molecular complexity index is 393. The maximum atomic E-state index is 11.0. The van der Waals surface area contributed by atoms with Gasteiger partial charge in [-0.1, -0.05) is 12.1 Å². The third-order valence-corrected chi connectivity index (χ3v) is 3.18. The molecule has 0 heterocycles. The van der Waals surface area contributed by atoms with Crippen molar-refractivity contribution in [2.24, 2.45) is 0 Å². The second-order valence-corrected chi connectivity index (χ2v) is 4.64. The van der Waals surface area contributed by atoms with Crippen LogP contribution in [0, 0.1) is 6.92 Å². The van der Waals surface area contributed by atoms with E-state index in [0.717, 1.165) is 17.7 Å². The molecule has 0 fully saturated rings. The lowest BCUT2D eigenvalue weighted by atomic mass is 10.1. The molecule has 0 aliphatic carbocycles. The maximum absolute atomic E-state index is 11.0. The number of hydrogen-bond donors (Lipinski definition) is 0. The van der Waals surface area contributed by atoms with Crippen LogP contribution in [0.15, 0.2) is 18.2 Å². The van der Waals surface area contributed by atoms with Crippen molar-refractivity contribution in [1.29, 1.82) is 0 Å². The predicted molar refractivity (Wildman–Crippen MR) is 73.0 cm³/mol. The van der Waals surface area contributed by atoms with E-state index in [1.165, 1.54) is 5.56 Å². The lowest BCUT2D eigenvalue weighted by Crippen LogP contribution is -2.23. The molecule has 1 rings (SSSR count). The number of ether oxygens (including phenoxy) is 1. The second kappa shape index (κ2) is 6.64.